The summed E-state index contributed by atoms with van der Waals surface area (Å²) in [6.07, 6.45) is 0. The molecule has 0 unspecified atom stereocenters. The van der Waals surface area contributed by atoms with Crippen molar-refractivity contribution in [2.24, 2.45) is 0 Å². The normalized spacial score (nSPS) is 10.4. The van der Waals surface area contributed by atoms with E-state index in [0.717, 1.165) is 12.2 Å². The Labute approximate surface area is 148 Å². The molecule has 0 aliphatic carbocycles. The molecule has 0 atom stereocenters. The van der Waals surface area contributed by atoms with Gasteiger partial charge in [0.25, 0.3) is 5.91 Å². The SMILES string of the molecule is CCNc1nc(C)cc(NCCNC(=O)c2cc(Cl)sc2Cl)n1. The summed E-state index contributed by atoms with van der Waals surface area (Å²) in [5, 5.41) is 9.00. The molecule has 124 valence electrons. The maximum atomic E-state index is 12.0. The summed E-state index contributed by atoms with van der Waals surface area (Å²) in [6.45, 7) is 5.60. The van der Waals surface area contributed by atoms with Crippen LogP contribution in [0.25, 0.3) is 0 Å². The Kier molecular flexibility index (Phi) is 6.44. The van der Waals surface area contributed by atoms with Gasteiger partial charge in [0.05, 0.1) is 9.90 Å². The molecule has 23 heavy (non-hydrogen) atoms. The highest BCUT2D eigenvalue weighted by molar-refractivity contribution is 7.20. The topological polar surface area (TPSA) is 78.9 Å². The monoisotopic (exact) mass is 373 g/mol. The zero-order valence-corrected chi connectivity index (χ0v) is 15.1. The quantitative estimate of drug-likeness (QED) is 0.647. The van der Waals surface area contributed by atoms with E-state index in [1.165, 1.54) is 11.3 Å². The van der Waals surface area contributed by atoms with E-state index in [1.807, 2.05) is 19.9 Å². The maximum absolute atomic E-state index is 12.0. The van der Waals surface area contributed by atoms with Crippen LogP contribution >= 0.6 is 34.5 Å². The molecule has 9 heteroatoms. The third-order valence-electron chi connectivity index (χ3n) is 2.81. The number of nitrogens with one attached hydrogen (secondary N) is 3. The van der Waals surface area contributed by atoms with Crippen molar-refractivity contribution >= 4 is 52.2 Å². The predicted octanol–water partition coefficient (Wildman–Crippen LogP) is 3.43. The Morgan fingerprint density at radius 1 is 1.22 bits per heavy atom. The van der Waals surface area contributed by atoms with Crippen LogP contribution in [-0.4, -0.2) is 35.5 Å². The second-order valence-corrected chi connectivity index (χ2v) is 6.95. The highest BCUT2D eigenvalue weighted by Gasteiger charge is 2.13. The molecule has 0 radical (unpaired) electrons. The van der Waals surface area contributed by atoms with Crippen molar-refractivity contribution in [1.82, 2.24) is 15.3 Å². The van der Waals surface area contributed by atoms with Crippen LogP contribution in [0, 0.1) is 6.92 Å². The van der Waals surface area contributed by atoms with Crippen LogP contribution in [-0.2, 0) is 0 Å². The van der Waals surface area contributed by atoms with Gasteiger partial charge in [-0.25, -0.2) is 4.98 Å². The van der Waals surface area contributed by atoms with E-state index in [0.29, 0.717) is 39.1 Å². The van der Waals surface area contributed by atoms with Crippen LogP contribution in [0.15, 0.2) is 12.1 Å². The van der Waals surface area contributed by atoms with Gasteiger partial charge in [0.15, 0.2) is 0 Å². The Balaban J connectivity index is 1.83. The first-order chi connectivity index (χ1) is 11.0. The van der Waals surface area contributed by atoms with E-state index in [2.05, 4.69) is 25.9 Å². The number of aromatic nitrogens is 2. The number of thiophene rings is 1. The largest absolute Gasteiger partial charge is 0.368 e. The van der Waals surface area contributed by atoms with Gasteiger partial charge in [-0.15, -0.1) is 11.3 Å². The minimum absolute atomic E-state index is 0.243. The summed E-state index contributed by atoms with van der Waals surface area (Å²) in [6, 6.07) is 3.41. The first-order valence-corrected chi connectivity index (χ1v) is 8.63. The molecule has 0 saturated heterocycles. The lowest BCUT2D eigenvalue weighted by atomic mass is 10.3. The van der Waals surface area contributed by atoms with Gasteiger partial charge in [0.1, 0.15) is 10.2 Å². The van der Waals surface area contributed by atoms with Gasteiger partial charge in [0.2, 0.25) is 5.95 Å². The van der Waals surface area contributed by atoms with E-state index in [1.54, 1.807) is 6.07 Å². The Morgan fingerprint density at radius 3 is 2.65 bits per heavy atom. The second kappa shape index (κ2) is 8.33. The van der Waals surface area contributed by atoms with Crippen LogP contribution in [0.3, 0.4) is 0 Å². The molecule has 0 aliphatic rings. The third-order valence-corrected chi connectivity index (χ3v) is 4.29. The van der Waals surface area contributed by atoms with Gasteiger partial charge in [0, 0.05) is 31.4 Å². The van der Waals surface area contributed by atoms with Crippen LogP contribution in [0.5, 0.6) is 0 Å². The van der Waals surface area contributed by atoms with E-state index >= 15 is 0 Å². The predicted molar refractivity (Wildman–Crippen MR) is 96.1 cm³/mol. The van der Waals surface area contributed by atoms with Crippen molar-refractivity contribution < 1.29 is 4.79 Å². The molecule has 0 bridgehead atoms. The smallest absolute Gasteiger partial charge is 0.253 e. The average molecular weight is 374 g/mol. The number of halogens is 2. The standard InChI is InChI=1S/C14H17Cl2N5OS/c1-3-17-14-20-8(2)6-11(21-14)18-4-5-19-13(22)9-7-10(15)23-12(9)16/h6-7H,3-5H2,1-2H3,(H,19,22)(H2,17,18,20,21). The van der Waals surface area contributed by atoms with Crippen LogP contribution in [0.4, 0.5) is 11.8 Å². The number of amides is 1. The van der Waals surface area contributed by atoms with Crippen LogP contribution in [0.1, 0.15) is 23.0 Å². The number of rotatable bonds is 7. The highest BCUT2D eigenvalue weighted by atomic mass is 35.5. The molecule has 0 aliphatic heterocycles. The molecule has 0 fully saturated rings. The maximum Gasteiger partial charge on any atom is 0.253 e. The zero-order chi connectivity index (χ0) is 16.8. The fourth-order valence-electron chi connectivity index (χ4n) is 1.85. The summed E-state index contributed by atoms with van der Waals surface area (Å²) in [5.41, 5.74) is 1.26. The molecule has 3 N–H and O–H groups in total. The Bertz CT molecular complexity index is 692. The van der Waals surface area contributed by atoms with E-state index in [-0.39, 0.29) is 5.91 Å². The first kappa shape index (κ1) is 17.8. The summed E-state index contributed by atoms with van der Waals surface area (Å²) in [5.74, 6) is 1.05. The minimum atomic E-state index is -0.243. The number of carbonyl (C=O) groups is 1. The van der Waals surface area contributed by atoms with Crippen molar-refractivity contribution in [1.29, 1.82) is 0 Å². The molecule has 0 aromatic carbocycles. The molecular weight excluding hydrogens is 357 g/mol. The Morgan fingerprint density at radius 2 is 2.00 bits per heavy atom. The van der Waals surface area contributed by atoms with Crippen molar-refractivity contribution in [2.45, 2.75) is 13.8 Å². The molecule has 2 aromatic rings. The second-order valence-electron chi connectivity index (χ2n) is 4.67. The molecular formula is C14H17Cl2N5OS. The van der Waals surface area contributed by atoms with Crippen molar-refractivity contribution in [3.05, 3.63) is 32.1 Å². The molecule has 0 saturated carbocycles. The van der Waals surface area contributed by atoms with E-state index in [4.69, 9.17) is 23.2 Å². The van der Waals surface area contributed by atoms with Gasteiger partial charge in [-0.3, -0.25) is 4.79 Å². The number of anilines is 2. The van der Waals surface area contributed by atoms with Gasteiger partial charge in [-0.1, -0.05) is 23.2 Å². The number of carbonyl (C=O) groups excluding carboxylic acids is 1. The lowest BCUT2D eigenvalue weighted by molar-refractivity contribution is 0.0956. The fourth-order valence-corrected chi connectivity index (χ4v) is 3.31. The molecule has 2 rings (SSSR count). The van der Waals surface area contributed by atoms with E-state index in [9.17, 15) is 4.79 Å². The zero-order valence-electron chi connectivity index (χ0n) is 12.7. The third kappa shape index (κ3) is 5.23. The number of aryl methyl sites for hydroxylation is 1. The van der Waals surface area contributed by atoms with Gasteiger partial charge in [-0.2, -0.15) is 4.98 Å². The lowest BCUT2D eigenvalue weighted by Crippen LogP contribution is -2.28. The first-order valence-electron chi connectivity index (χ1n) is 7.06. The summed E-state index contributed by atoms with van der Waals surface area (Å²) in [4.78, 5) is 20.6. The van der Waals surface area contributed by atoms with Gasteiger partial charge >= 0.3 is 0 Å². The molecule has 2 aromatic heterocycles. The van der Waals surface area contributed by atoms with Crippen molar-refractivity contribution in [2.75, 3.05) is 30.3 Å². The minimum Gasteiger partial charge on any atom is -0.368 e. The summed E-state index contributed by atoms with van der Waals surface area (Å²) in [7, 11) is 0. The van der Waals surface area contributed by atoms with Crippen LogP contribution in [0.2, 0.25) is 8.67 Å². The number of hydrogen-bond donors (Lipinski definition) is 3. The molecule has 6 nitrogen and oxygen atoms in total. The number of nitrogens with zero attached hydrogens (tertiary/aromatic N) is 2. The van der Waals surface area contributed by atoms with Gasteiger partial charge < -0.3 is 16.0 Å². The average Bonchev–Trinajstić information content (AvgIpc) is 2.82. The Hall–Kier alpha value is -1.57. The fraction of sp³-hybridized carbons (Fsp3) is 0.357. The molecule has 2 heterocycles. The summed E-state index contributed by atoms with van der Waals surface area (Å²) < 4.78 is 0.882. The van der Waals surface area contributed by atoms with Crippen molar-refractivity contribution in [3.8, 4) is 0 Å². The highest BCUT2D eigenvalue weighted by Crippen LogP contribution is 2.30. The number of hydrogen-bond acceptors (Lipinski definition) is 6. The summed E-state index contributed by atoms with van der Waals surface area (Å²) >= 11 is 12.9. The van der Waals surface area contributed by atoms with E-state index < -0.39 is 0 Å². The van der Waals surface area contributed by atoms with Crippen LogP contribution < -0.4 is 16.0 Å². The lowest BCUT2D eigenvalue weighted by Gasteiger charge is -2.09. The van der Waals surface area contributed by atoms with Gasteiger partial charge in [-0.05, 0) is 19.9 Å². The molecule has 1 amide bonds. The van der Waals surface area contributed by atoms with Crippen molar-refractivity contribution in [3.63, 3.8) is 0 Å². The molecule has 0 spiro atoms.